The molecule has 2 heteroatoms. The number of allylic oxidation sites excluding steroid dienone is 1. The van der Waals surface area contributed by atoms with Crippen LogP contribution in [0, 0.1) is 17.2 Å². The summed E-state index contributed by atoms with van der Waals surface area (Å²) < 4.78 is 0. The molecule has 0 rings (SSSR count). The van der Waals surface area contributed by atoms with E-state index in [1.54, 1.807) is 0 Å². The highest BCUT2D eigenvalue weighted by atomic mass is 16.2. The lowest BCUT2D eigenvalue weighted by Gasteiger charge is -1.96. The van der Waals surface area contributed by atoms with Crippen molar-refractivity contribution < 1.29 is 5.11 Å². The quantitative estimate of drug-likeness (QED) is 0.412. The van der Waals surface area contributed by atoms with Crippen LogP contribution >= 0.6 is 0 Å². The number of aliphatic hydroxyl groups is 1. The minimum atomic E-state index is 0.130. The monoisotopic (exact) mass is 111 g/mol. The van der Waals surface area contributed by atoms with Crippen LogP contribution in [-0.4, -0.2) is 5.11 Å². The van der Waals surface area contributed by atoms with Gasteiger partial charge in [0.15, 0.2) is 0 Å². The summed E-state index contributed by atoms with van der Waals surface area (Å²) in [5.41, 5.74) is 0.421. The molecular weight excluding hydrogens is 102 g/mol. The fourth-order valence-corrected chi connectivity index (χ4v) is 0.307. The zero-order valence-corrected chi connectivity index (χ0v) is 5.05. The van der Waals surface area contributed by atoms with Gasteiger partial charge in [-0.1, -0.05) is 13.8 Å². The number of hydrogen-bond acceptors (Lipinski definition) is 2. The fraction of sp³-hybridized carbons (Fsp3) is 0.500. The van der Waals surface area contributed by atoms with Crippen LogP contribution < -0.4 is 0 Å². The first-order chi connectivity index (χ1) is 3.72. The Kier molecular flexibility index (Phi) is 2.71. The first kappa shape index (κ1) is 7.03. The van der Waals surface area contributed by atoms with Crippen LogP contribution in [0.2, 0.25) is 0 Å². The van der Waals surface area contributed by atoms with E-state index in [-0.39, 0.29) is 5.92 Å². The van der Waals surface area contributed by atoms with E-state index in [1.165, 1.54) is 0 Å². The third-order valence-corrected chi connectivity index (χ3v) is 0.890. The summed E-state index contributed by atoms with van der Waals surface area (Å²) in [6.07, 6.45) is 0.852. The van der Waals surface area contributed by atoms with Crippen molar-refractivity contribution in [3.63, 3.8) is 0 Å². The molecule has 0 unspecified atom stereocenters. The predicted molar refractivity (Wildman–Crippen MR) is 31.2 cm³/mol. The SMILES string of the molecule is CC(C)/C(C#N)=C\O. The molecule has 0 aliphatic carbocycles. The highest BCUT2D eigenvalue weighted by Crippen LogP contribution is 2.05. The molecule has 0 atom stereocenters. The van der Waals surface area contributed by atoms with Crippen molar-refractivity contribution in [1.82, 2.24) is 0 Å². The second-order valence-corrected chi connectivity index (χ2v) is 1.85. The summed E-state index contributed by atoms with van der Waals surface area (Å²) in [5.74, 6) is 0.130. The summed E-state index contributed by atoms with van der Waals surface area (Å²) in [5, 5.41) is 16.5. The normalized spacial score (nSPS) is 11.5. The average molecular weight is 111 g/mol. The molecular formula is C6H9NO. The molecule has 0 aromatic heterocycles. The predicted octanol–water partition coefficient (Wildman–Crippen LogP) is 1.61. The smallest absolute Gasteiger partial charge is 0.0982 e. The molecule has 0 aromatic carbocycles. The zero-order chi connectivity index (χ0) is 6.57. The van der Waals surface area contributed by atoms with Crippen molar-refractivity contribution in [2.45, 2.75) is 13.8 Å². The Balaban J connectivity index is 3.98. The molecule has 8 heavy (non-hydrogen) atoms. The van der Waals surface area contributed by atoms with Gasteiger partial charge in [0.2, 0.25) is 0 Å². The van der Waals surface area contributed by atoms with E-state index < -0.39 is 0 Å². The number of hydrogen-bond donors (Lipinski definition) is 1. The van der Waals surface area contributed by atoms with Gasteiger partial charge in [0.25, 0.3) is 0 Å². The van der Waals surface area contributed by atoms with Crippen molar-refractivity contribution in [2.75, 3.05) is 0 Å². The molecule has 0 spiro atoms. The lowest BCUT2D eigenvalue weighted by Crippen LogP contribution is -1.89. The van der Waals surface area contributed by atoms with Gasteiger partial charge < -0.3 is 5.11 Å². The van der Waals surface area contributed by atoms with Gasteiger partial charge in [-0.25, -0.2) is 0 Å². The van der Waals surface area contributed by atoms with Gasteiger partial charge in [-0.15, -0.1) is 0 Å². The van der Waals surface area contributed by atoms with Gasteiger partial charge in [-0.3, -0.25) is 0 Å². The maximum absolute atomic E-state index is 8.31. The summed E-state index contributed by atoms with van der Waals surface area (Å²) in [6.45, 7) is 3.70. The van der Waals surface area contributed by atoms with Crippen LogP contribution in [0.1, 0.15) is 13.8 Å². The highest BCUT2D eigenvalue weighted by molar-refractivity contribution is 5.19. The molecule has 0 bridgehead atoms. The van der Waals surface area contributed by atoms with Gasteiger partial charge in [-0.2, -0.15) is 5.26 Å². The largest absolute Gasteiger partial charge is 0.515 e. The van der Waals surface area contributed by atoms with Gasteiger partial charge in [0, 0.05) is 0 Å². The van der Waals surface area contributed by atoms with Gasteiger partial charge in [0.05, 0.1) is 17.9 Å². The first-order valence-corrected chi connectivity index (χ1v) is 2.46. The maximum Gasteiger partial charge on any atom is 0.0982 e. The van der Waals surface area contributed by atoms with E-state index in [0.717, 1.165) is 6.26 Å². The minimum absolute atomic E-state index is 0.130. The molecule has 1 N–H and O–H groups in total. The molecule has 0 aromatic rings. The zero-order valence-electron chi connectivity index (χ0n) is 5.05. The topological polar surface area (TPSA) is 44.0 Å². The maximum atomic E-state index is 8.31. The van der Waals surface area contributed by atoms with Crippen molar-refractivity contribution in [3.05, 3.63) is 11.8 Å². The van der Waals surface area contributed by atoms with E-state index in [0.29, 0.717) is 5.57 Å². The van der Waals surface area contributed by atoms with E-state index >= 15 is 0 Å². The van der Waals surface area contributed by atoms with Gasteiger partial charge in [-0.05, 0) is 5.92 Å². The van der Waals surface area contributed by atoms with Crippen LogP contribution in [0.5, 0.6) is 0 Å². The molecule has 0 heterocycles. The minimum Gasteiger partial charge on any atom is -0.515 e. The lowest BCUT2D eigenvalue weighted by molar-refractivity contribution is 0.462. The molecule has 0 saturated carbocycles. The first-order valence-electron chi connectivity index (χ1n) is 2.46. The van der Waals surface area contributed by atoms with Crippen molar-refractivity contribution in [2.24, 2.45) is 5.92 Å². The Bertz CT molecular complexity index is 130. The second-order valence-electron chi connectivity index (χ2n) is 1.85. The van der Waals surface area contributed by atoms with Crippen LogP contribution in [0.25, 0.3) is 0 Å². The van der Waals surface area contributed by atoms with E-state index in [9.17, 15) is 0 Å². The Morgan fingerprint density at radius 2 is 2.25 bits per heavy atom. The number of nitrogens with zero attached hydrogens (tertiary/aromatic N) is 1. The van der Waals surface area contributed by atoms with E-state index in [4.69, 9.17) is 10.4 Å². The lowest BCUT2D eigenvalue weighted by atomic mass is 10.1. The van der Waals surface area contributed by atoms with Gasteiger partial charge >= 0.3 is 0 Å². The van der Waals surface area contributed by atoms with Crippen LogP contribution in [-0.2, 0) is 0 Å². The Morgan fingerprint density at radius 1 is 1.75 bits per heavy atom. The van der Waals surface area contributed by atoms with Crippen molar-refractivity contribution in [3.8, 4) is 6.07 Å². The molecule has 2 nitrogen and oxygen atoms in total. The molecule has 0 amide bonds. The van der Waals surface area contributed by atoms with Crippen molar-refractivity contribution in [1.29, 1.82) is 5.26 Å². The standard InChI is InChI=1S/C6H9NO/c1-5(2)6(3-7)4-8/h4-5,8H,1-2H3/b6-4-. The fourth-order valence-electron chi connectivity index (χ4n) is 0.307. The Labute approximate surface area is 49.1 Å². The third-order valence-electron chi connectivity index (χ3n) is 0.890. The molecule has 44 valence electrons. The van der Waals surface area contributed by atoms with Gasteiger partial charge in [0.1, 0.15) is 0 Å². The molecule has 0 fully saturated rings. The second kappa shape index (κ2) is 3.09. The highest BCUT2D eigenvalue weighted by Gasteiger charge is 1.98. The van der Waals surface area contributed by atoms with Crippen molar-refractivity contribution >= 4 is 0 Å². The van der Waals surface area contributed by atoms with Crippen LogP contribution in [0.15, 0.2) is 11.8 Å². The number of rotatable bonds is 1. The summed E-state index contributed by atoms with van der Waals surface area (Å²) in [6, 6.07) is 1.86. The number of nitriles is 1. The summed E-state index contributed by atoms with van der Waals surface area (Å²) in [4.78, 5) is 0. The van der Waals surface area contributed by atoms with E-state index in [2.05, 4.69) is 0 Å². The number of aliphatic hydroxyl groups excluding tert-OH is 1. The van der Waals surface area contributed by atoms with Crippen LogP contribution in [0.4, 0.5) is 0 Å². The molecule has 0 saturated heterocycles. The molecule has 0 radical (unpaired) electrons. The molecule has 0 aliphatic heterocycles. The summed E-state index contributed by atoms with van der Waals surface area (Å²) in [7, 11) is 0. The Morgan fingerprint density at radius 3 is 2.25 bits per heavy atom. The van der Waals surface area contributed by atoms with E-state index in [1.807, 2.05) is 19.9 Å². The van der Waals surface area contributed by atoms with Crippen LogP contribution in [0.3, 0.4) is 0 Å². The molecule has 0 aliphatic rings. The summed E-state index contributed by atoms with van der Waals surface area (Å²) >= 11 is 0. The average Bonchev–Trinajstić information content (AvgIpc) is 1.69. The Hall–Kier alpha value is -0.970. The third kappa shape index (κ3) is 1.65.